The zero-order chi connectivity index (χ0) is 8.72. The zero-order valence-electron chi connectivity index (χ0n) is 5.77. The smallest absolute Gasteiger partial charge is 0.125 e. The second-order valence-electron chi connectivity index (χ2n) is 2.34. The second-order valence-corrected chi connectivity index (χ2v) is 5.27. The van der Waals surface area contributed by atoms with E-state index in [-0.39, 0.29) is 5.82 Å². The molecule has 0 aliphatic heterocycles. The molecule has 0 saturated heterocycles. The van der Waals surface area contributed by atoms with Crippen LogP contribution in [0.5, 0.6) is 0 Å². The van der Waals surface area contributed by atoms with Crippen molar-refractivity contribution in [2.24, 2.45) is 0 Å². The third-order valence-corrected chi connectivity index (χ3v) is 4.38. The summed E-state index contributed by atoms with van der Waals surface area (Å²) in [4.78, 5) is 0. The van der Waals surface area contributed by atoms with Gasteiger partial charge >= 0.3 is 0 Å². The largest absolute Gasteiger partial charge is 0.207 e. The van der Waals surface area contributed by atoms with E-state index in [1.807, 2.05) is 5.38 Å². The normalized spacial score (nSPS) is 10.9. The predicted octanol–water partition coefficient (Wildman–Crippen LogP) is 4.41. The molecule has 2 rings (SSSR count). The monoisotopic (exact) mass is 356 g/mol. The highest BCUT2D eigenvalue weighted by atomic mass is 127. The van der Waals surface area contributed by atoms with Gasteiger partial charge in [-0.2, -0.15) is 0 Å². The van der Waals surface area contributed by atoms with Crippen LogP contribution in [0.2, 0.25) is 0 Å². The van der Waals surface area contributed by atoms with E-state index < -0.39 is 0 Å². The minimum Gasteiger partial charge on any atom is -0.207 e. The number of halogens is 3. The van der Waals surface area contributed by atoms with Crippen LogP contribution in [-0.4, -0.2) is 0 Å². The topological polar surface area (TPSA) is 0 Å². The Kier molecular flexibility index (Phi) is 2.39. The number of thiophene rings is 1. The molecule has 0 aliphatic carbocycles. The van der Waals surface area contributed by atoms with Gasteiger partial charge in [0.15, 0.2) is 0 Å². The van der Waals surface area contributed by atoms with Crippen LogP contribution in [0, 0.1) is 9.39 Å². The Hall–Kier alpha value is 0.320. The van der Waals surface area contributed by atoms with E-state index in [1.54, 1.807) is 17.4 Å². The molecule has 0 bridgehead atoms. The number of hydrogen-bond acceptors (Lipinski definition) is 1. The van der Waals surface area contributed by atoms with Crippen LogP contribution in [0.25, 0.3) is 10.1 Å². The average molecular weight is 357 g/mol. The van der Waals surface area contributed by atoms with Crippen LogP contribution in [-0.2, 0) is 0 Å². The fourth-order valence-electron chi connectivity index (χ4n) is 1.05. The Morgan fingerprint density at radius 1 is 1.42 bits per heavy atom. The van der Waals surface area contributed by atoms with Gasteiger partial charge in [0.25, 0.3) is 0 Å². The maximum Gasteiger partial charge on any atom is 0.125 e. The molecular formula is C8H3BrFIS. The molecule has 1 aromatic carbocycles. The summed E-state index contributed by atoms with van der Waals surface area (Å²) < 4.78 is 15.9. The Morgan fingerprint density at radius 2 is 2.17 bits per heavy atom. The molecule has 0 aliphatic rings. The van der Waals surface area contributed by atoms with E-state index in [0.29, 0.717) is 0 Å². The lowest BCUT2D eigenvalue weighted by Gasteiger charge is -1.95. The summed E-state index contributed by atoms with van der Waals surface area (Å²) in [7, 11) is 0. The molecular weight excluding hydrogens is 354 g/mol. The quantitative estimate of drug-likeness (QED) is 0.613. The number of fused-ring (bicyclic) bond motifs is 1. The van der Waals surface area contributed by atoms with E-state index in [0.717, 1.165) is 14.6 Å². The molecule has 0 saturated carbocycles. The predicted molar refractivity (Wildman–Crippen MR) is 62.2 cm³/mol. The minimum absolute atomic E-state index is 0.187. The Labute approximate surface area is 95.0 Å². The highest BCUT2D eigenvalue weighted by Crippen LogP contribution is 2.33. The summed E-state index contributed by atoms with van der Waals surface area (Å²) in [6, 6.07) is 3.06. The lowest BCUT2D eigenvalue weighted by Crippen LogP contribution is -1.75. The highest BCUT2D eigenvalue weighted by molar-refractivity contribution is 14.1. The summed E-state index contributed by atoms with van der Waals surface area (Å²) >= 11 is 7.15. The first-order valence-electron chi connectivity index (χ1n) is 3.20. The molecule has 0 radical (unpaired) electrons. The van der Waals surface area contributed by atoms with Crippen LogP contribution in [0.15, 0.2) is 22.0 Å². The van der Waals surface area contributed by atoms with Crippen LogP contribution >= 0.6 is 49.9 Å². The number of rotatable bonds is 0. The minimum atomic E-state index is -0.187. The van der Waals surface area contributed by atoms with Crippen LogP contribution < -0.4 is 0 Å². The van der Waals surface area contributed by atoms with Gasteiger partial charge < -0.3 is 0 Å². The summed E-state index contributed by atoms with van der Waals surface area (Å²) in [5.74, 6) is -0.187. The zero-order valence-corrected chi connectivity index (χ0v) is 10.3. The van der Waals surface area contributed by atoms with Gasteiger partial charge in [-0.3, -0.25) is 0 Å². The van der Waals surface area contributed by atoms with Crippen molar-refractivity contribution in [2.45, 2.75) is 0 Å². The van der Waals surface area contributed by atoms with Gasteiger partial charge in [-0.05, 0) is 50.7 Å². The molecule has 62 valence electrons. The second kappa shape index (κ2) is 3.23. The highest BCUT2D eigenvalue weighted by Gasteiger charge is 2.06. The van der Waals surface area contributed by atoms with Gasteiger partial charge in [-0.1, -0.05) is 0 Å². The summed E-state index contributed by atoms with van der Waals surface area (Å²) in [6.45, 7) is 0. The molecule has 12 heavy (non-hydrogen) atoms. The number of hydrogen-bond donors (Lipinski definition) is 0. The van der Waals surface area contributed by atoms with E-state index in [9.17, 15) is 4.39 Å². The van der Waals surface area contributed by atoms with Crippen molar-refractivity contribution < 1.29 is 4.39 Å². The van der Waals surface area contributed by atoms with Crippen molar-refractivity contribution in [1.29, 1.82) is 0 Å². The summed E-state index contributed by atoms with van der Waals surface area (Å²) in [6.07, 6.45) is 0. The first-order valence-corrected chi connectivity index (χ1v) is 5.95. The summed E-state index contributed by atoms with van der Waals surface area (Å²) in [5.41, 5.74) is 0. The lowest BCUT2D eigenvalue weighted by atomic mass is 10.3. The van der Waals surface area contributed by atoms with Gasteiger partial charge in [0.05, 0.1) is 0 Å². The van der Waals surface area contributed by atoms with Crippen molar-refractivity contribution >= 4 is 59.9 Å². The molecule has 0 amide bonds. The maximum atomic E-state index is 12.9. The van der Waals surface area contributed by atoms with Gasteiger partial charge in [-0.25, -0.2) is 4.39 Å². The third kappa shape index (κ3) is 1.40. The van der Waals surface area contributed by atoms with Gasteiger partial charge in [-0.15, -0.1) is 11.3 Å². The average Bonchev–Trinajstić information content (AvgIpc) is 2.31. The van der Waals surface area contributed by atoms with Crippen LogP contribution in [0.3, 0.4) is 0 Å². The van der Waals surface area contributed by atoms with Crippen molar-refractivity contribution in [3.05, 3.63) is 31.4 Å². The summed E-state index contributed by atoms with van der Waals surface area (Å²) in [5, 5.41) is 3.14. The fraction of sp³-hybridized carbons (Fsp3) is 0. The van der Waals surface area contributed by atoms with Crippen LogP contribution in [0.1, 0.15) is 0 Å². The van der Waals surface area contributed by atoms with Gasteiger partial charge in [0, 0.05) is 23.5 Å². The Balaban J connectivity index is 2.93. The molecule has 1 aromatic heterocycles. The standard InChI is InChI=1S/C8H3BrFIS/c9-5-1-4(10)2-7-8(5)6(11)3-12-7/h1-3H. The molecule has 0 N–H and O–H groups in total. The molecule has 4 heteroatoms. The molecule has 0 spiro atoms. The SMILES string of the molecule is Fc1cc(Br)c2c(I)csc2c1. The first kappa shape index (κ1) is 8.90. The van der Waals surface area contributed by atoms with Crippen LogP contribution in [0.4, 0.5) is 4.39 Å². The van der Waals surface area contributed by atoms with Crippen molar-refractivity contribution in [3.63, 3.8) is 0 Å². The van der Waals surface area contributed by atoms with Gasteiger partial charge in [0.1, 0.15) is 5.82 Å². The Bertz CT molecular complexity index is 438. The van der Waals surface area contributed by atoms with E-state index in [4.69, 9.17) is 0 Å². The van der Waals surface area contributed by atoms with Crippen molar-refractivity contribution in [2.75, 3.05) is 0 Å². The molecule has 0 unspecified atom stereocenters. The molecule has 0 atom stereocenters. The van der Waals surface area contributed by atoms with Crippen molar-refractivity contribution in [1.82, 2.24) is 0 Å². The molecule has 0 nitrogen and oxygen atoms in total. The molecule has 1 heterocycles. The molecule has 2 aromatic rings. The van der Waals surface area contributed by atoms with Crippen molar-refractivity contribution in [3.8, 4) is 0 Å². The maximum absolute atomic E-state index is 12.9. The Morgan fingerprint density at radius 3 is 2.92 bits per heavy atom. The lowest BCUT2D eigenvalue weighted by molar-refractivity contribution is 0.629. The first-order chi connectivity index (χ1) is 5.68. The van der Waals surface area contributed by atoms with E-state index >= 15 is 0 Å². The van der Waals surface area contributed by atoms with E-state index in [2.05, 4.69) is 38.5 Å². The fourth-order valence-corrected chi connectivity index (χ4v) is 4.21. The third-order valence-electron chi connectivity index (χ3n) is 1.55. The number of benzene rings is 1. The molecule has 0 fully saturated rings. The van der Waals surface area contributed by atoms with Gasteiger partial charge in [0.2, 0.25) is 0 Å². The van der Waals surface area contributed by atoms with E-state index in [1.165, 1.54) is 9.64 Å².